The molecule has 1 aliphatic heterocycles. The summed E-state index contributed by atoms with van der Waals surface area (Å²) in [4.78, 5) is 20.3. The Labute approximate surface area is 185 Å². The minimum atomic E-state index is -0.482. The number of aliphatic imine (C=N–C) groups is 1. The van der Waals surface area contributed by atoms with Crippen molar-refractivity contribution in [3.05, 3.63) is 29.8 Å². The molecule has 0 bridgehead atoms. The highest BCUT2D eigenvalue weighted by molar-refractivity contribution is 14.0. The summed E-state index contributed by atoms with van der Waals surface area (Å²) in [6.45, 7) is 12.6. The van der Waals surface area contributed by atoms with E-state index in [4.69, 9.17) is 15.2 Å². The fourth-order valence-corrected chi connectivity index (χ4v) is 2.66. The molecule has 1 fully saturated rings. The van der Waals surface area contributed by atoms with Crippen molar-refractivity contribution in [3.8, 4) is 5.75 Å². The Bertz CT molecular complexity index is 648. The van der Waals surface area contributed by atoms with E-state index in [2.05, 4.69) is 4.99 Å². The highest BCUT2D eigenvalue weighted by Gasteiger charge is 2.26. The normalized spacial score (nSPS) is 15.3. The Morgan fingerprint density at radius 3 is 2.14 bits per heavy atom. The zero-order valence-electron chi connectivity index (χ0n) is 17.5. The van der Waals surface area contributed by atoms with Gasteiger partial charge in [-0.3, -0.25) is 0 Å². The molecule has 0 radical (unpaired) electrons. The van der Waals surface area contributed by atoms with Crippen molar-refractivity contribution in [3.63, 3.8) is 0 Å². The number of carbonyl (C=O) groups excluding carboxylic acids is 1. The molecule has 0 atom stereocenters. The lowest BCUT2D eigenvalue weighted by molar-refractivity contribution is 0.0186. The first kappa shape index (κ1) is 24.3. The summed E-state index contributed by atoms with van der Waals surface area (Å²) in [7, 11) is 0. The number of ether oxygens (including phenoxy) is 2. The first-order chi connectivity index (χ1) is 12.6. The van der Waals surface area contributed by atoms with Gasteiger partial charge < -0.3 is 25.0 Å². The molecule has 0 aromatic heterocycles. The van der Waals surface area contributed by atoms with Gasteiger partial charge in [0.05, 0.1) is 12.6 Å². The minimum Gasteiger partial charge on any atom is -0.491 e. The van der Waals surface area contributed by atoms with Gasteiger partial charge in [-0.1, -0.05) is 12.1 Å². The molecule has 0 unspecified atom stereocenters. The van der Waals surface area contributed by atoms with E-state index in [0.29, 0.717) is 38.7 Å². The van der Waals surface area contributed by atoms with Crippen LogP contribution in [0.5, 0.6) is 5.75 Å². The predicted octanol–water partition coefficient (Wildman–Crippen LogP) is 3.46. The highest BCUT2D eigenvalue weighted by Crippen LogP contribution is 2.15. The van der Waals surface area contributed by atoms with Gasteiger partial charge in [0.15, 0.2) is 5.96 Å². The molecule has 0 aliphatic carbocycles. The van der Waals surface area contributed by atoms with E-state index in [1.807, 2.05) is 63.8 Å². The van der Waals surface area contributed by atoms with Crippen molar-refractivity contribution in [2.75, 3.05) is 26.2 Å². The molecule has 1 aliphatic rings. The number of nitrogens with two attached hydrogens (primary N) is 1. The maximum Gasteiger partial charge on any atom is 0.410 e. The zero-order chi connectivity index (χ0) is 20.0. The van der Waals surface area contributed by atoms with Crippen LogP contribution < -0.4 is 10.5 Å². The summed E-state index contributed by atoms with van der Waals surface area (Å²) in [5.41, 5.74) is 6.72. The van der Waals surface area contributed by atoms with Crippen LogP contribution in [0.1, 0.15) is 40.2 Å². The predicted molar refractivity (Wildman–Crippen MR) is 122 cm³/mol. The Morgan fingerprint density at radius 2 is 1.64 bits per heavy atom. The number of nitrogens with zero attached hydrogens (tertiary/aromatic N) is 3. The molecule has 2 rings (SSSR count). The second-order valence-corrected chi connectivity index (χ2v) is 7.94. The molecule has 0 spiro atoms. The van der Waals surface area contributed by atoms with Crippen LogP contribution >= 0.6 is 24.0 Å². The van der Waals surface area contributed by atoms with Crippen molar-refractivity contribution < 1.29 is 14.3 Å². The van der Waals surface area contributed by atoms with Crippen molar-refractivity contribution >= 4 is 36.0 Å². The van der Waals surface area contributed by atoms with Gasteiger partial charge in [-0.05, 0) is 52.3 Å². The van der Waals surface area contributed by atoms with Crippen LogP contribution in [0.25, 0.3) is 0 Å². The number of guanidine groups is 1. The van der Waals surface area contributed by atoms with E-state index >= 15 is 0 Å². The number of piperazine rings is 1. The van der Waals surface area contributed by atoms with E-state index in [1.165, 1.54) is 0 Å². The average molecular weight is 504 g/mol. The largest absolute Gasteiger partial charge is 0.491 e. The average Bonchev–Trinajstić information content (AvgIpc) is 2.59. The molecule has 0 saturated carbocycles. The molecular formula is C20H33IN4O3. The lowest BCUT2D eigenvalue weighted by Crippen LogP contribution is -2.53. The quantitative estimate of drug-likeness (QED) is 0.386. The topological polar surface area (TPSA) is 80.4 Å². The third-order valence-electron chi connectivity index (χ3n) is 3.97. The minimum absolute atomic E-state index is 0. The van der Waals surface area contributed by atoms with Crippen LogP contribution in [0, 0.1) is 0 Å². The van der Waals surface area contributed by atoms with E-state index < -0.39 is 5.60 Å². The van der Waals surface area contributed by atoms with E-state index in [0.717, 1.165) is 11.3 Å². The van der Waals surface area contributed by atoms with Crippen molar-refractivity contribution in [2.24, 2.45) is 10.7 Å². The van der Waals surface area contributed by atoms with Gasteiger partial charge in [-0.15, -0.1) is 24.0 Å². The first-order valence-electron chi connectivity index (χ1n) is 9.42. The van der Waals surface area contributed by atoms with Crippen LogP contribution in [0.4, 0.5) is 4.79 Å². The van der Waals surface area contributed by atoms with Gasteiger partial charge >= 0.3 is 6.09 Å². The molecular weight excluding hydrogens is 471 g/mol. The lowest BCUT2D eigenvalue weighted by atomic mass is 10.2. The number of hydrogen-bond acceptors (Lipinski definition) is 4. The van der Waals surface area contributed by atoms with Gasteiger partial charge in [-0.25, -0.2) is 9.79 Å². The Balaban J connectivity index is 0.00000392. The molecule has 1 aromatic carbocycles. The fraction of sp³-hybridized carbons (Fsp3) is 0.600. The summed E-state index contributed by atoms with van der Waals surface area (Å²) in [6.07, 6.45) is -0.120. The van der Waals surface area contributed by atoms with Gasteiger partial charge in [0, 0.05) is 26.2 Å². The number of benzene rings is 1. The second-order valence-electron chi connectivity index (χ2n) is 7.94. The second kappa shape index (κ2) is 10.7. The van der Waals surface area contributed by atoms with E-state index in [-0.39, 0.29) is 36.2 Å². The number of rotatable bonds is 4. The maximum absolute atomic E-state index is 12.1. The molecule has 1 amide bonds. The third kappa shape index (κ3) is 8.12. The summed E-state index contributed by atoms with van der Waals surface area (Å²) < 4.78 is 11.0. The number of halogens is 1. The smallest absolute Gasteiger partial charge is 0.410 e. The molecule has 8 heteroatoms. The summed E-state index contributed by atoms with van der Waals surface area (Å²) in [6, 6.07) is 7.88. The van der Waals surface area contributed by atoms with Crippen LogP contribution in [0.15, 0.2) is 29.3 Å². The molecule has 7 nitrogen and oxygen atoms in total. The Kier molecular flexibility index (Phi) is 9.32. The number of carbonyl (C=O) groups is 1. The Morgan fingerprint density at radius 1 is 1.11 bits per heavy atom. The van der Waals surface area contributed by atoms with Crippen LogP contribution in [-0.2, 0) is 11.3 Å². The van der Waals surface area contributed by atoms with Crippen LogP contribution in [0.2, 0.25) is 0 Å². The van der Waals surface area contributed by atoms with Crippen molar-refractivity contribution in [2.45, 2.75) is 52.9 Å². The van der Waals surface area contributed by atoms with Crippen molar-refractivity contribution in [1.82, 2.24) is 9.80 Å². The standard InChI is InChI=1S/C20H32N4O3.HI/c1-15(2)26-17-8-6-16(7-9-17)14-22-18(21)23-10-12-24(13-11-23)19(25)27-20(3,4)5;/h6-9,15H,10-14H2,1-5H3,(H2,21,22);1H. The molecule has 28 heavy (non-hydrogen) atoms. The number of hydrogen-bond donors (Lipinski definition) is 1. The van der Waals surface area contributed by atoms with Crippen LogP contribution in [-0.4, -0.2) is 59.7 Å². The Hall–Kier alpha value is -1.71. The summed E-state index contributed by atoms with van der Waals surface area (Å²) in [5.74, 6) is 1.35. The van der Waals surface area contributed by atoms with Gasteiger partial charge in [0.1, 0.15) is 11.4 Å². The molecule has 158 valence electrons. The van der Waals surface area contributed by atoms with E-state index in [1.54, 1.807) is 4.90 Å². The fourth-order valence-electron chi connectivity index (χ4n) is 2.66. The maximum atomic E-state index is 12.1. The van der Waals surface area contributed by atoms with Gasteiger partial charge in [-0.2, -0.15) is 0 Å². The first-order valence-corrected chi connectivity index (χ1v) is 9.42. The molecule has 1 aromatic rings. The monoisotopic (exact) mass is 504 g/mol. The van der Waals surface area contributed by atoms with E-state index in [9.17, 15) is 4.79 Å². The summed E-state index contributed by atoms with van der Waals surface area (Å²) in [5, 5.41) is 0. The van der Waals surface area contributed by atoms with Gasteiger partial charge in [0.25, 0.3) is 0 Å². The third-order valence-corrected chi connectivity index (χ3v) is 3.97. The highest BCUT2D eigenvalue weighted by atomic mass is 127. The lowest BCUT2D eigenvalue weighted by Gasteiger charge is -2.36. The van der Waals surface area contributed by atoms with Gasteiger partial charge in [0.2, 0.25) is 0 Å². The molecule has 2 N–H and O–H groups in total. The SMILES string of the molecule is CC(C)Oc1ccc(CN=C(N)N2CCN(C(=O)OC(C)(C)C)CC2)cc1.I. The summed E-state index contributed by atoms with van der Waals surface area (Å²) >= 11 is 0. The number of amides is 1. The van der Waals surface area contributed by atoms with Crippen LogP contribution in [0.3, 0.4) is 0 Å². The zero-order valence-corrected chi connectivity index (χ0v) is 19.8. The molecule has 1 saturated heterocycles. The van der Waals surface area contributed by atoms with Crippen molar-refractivity contribution in [1.29, 1.82) is 0 Å². The molecule has 1 heterocycles.